The van der Waals surface area contributed by atoms with Gasteiger partial charge in [-0.1, -0.05) is 12.8 Å². The van der Waals surface area contributed by atoms with Crippen LogP contribution >= 0.6 is 23.5 Å². The summed E-state index contributed by atoms with van der Waals surface area (Å²) in [5.74, 6) is 1.51. The number of aliphatic carboxylic acids is 1. The number of carboxylic acid groups (broad SMARTS) is 1. The lowest BCUT2D eigenvalue weighted by molar-refractivity contribution is -0.137. The fourth-order valence-corrected chi connectivity index (χ4v) is 6.28. The van der Waals surface area contributed by atoms with E-state index in [0.29, 0.717) is 5.92 Å². The van der Waals surface area contributed by atoms with Crippen LogP contribution in [0.2, 0.25) is 0 Å². The van der Waals surface area contributed by atoms with E-state index in [1.165, 1.54) is 36.4 Å². The van der Waals surface area contributed by atoms with Crippen molar-refractivity contribution in [3.05, 3.63) is 0 Å². The first-order valence-electron chi connectivity index (χ1n) is 6.95. The van der Waals surface area contributed by atoms with Crippen molar-refractivity contribution >= 4 is 40.9 Å². The Kier molecular flexibility index (Phi) is 5.28. The van der Waals surface area contributed by atoms with Gasteiger partial charge in [0, 0.05) is 22.9 Å². The SMILES string of the molecule is CC(C)(C)[S@+]([O-])N[C@@H](CC1CC1)C1(C(=O)O)SCCS1. The summed E-state index contributed by atoms with van der Waals surface area (Å²) in [7, 11) is 0. The van der Waals surface area contributed by atoms with Gasteiger partial charge in [-0.25, -0.2) is 4.79 Å². The summed E-state index contributed by atoms with van der Waals surface area (Å²) in [6, 6.07) is -0.231. The zero-order chi connectivity index (χ0) is 15.0. The molecular formula is C13H23NO3S3. The average Bonchev–Trinajstić information content (AvgIpc) is 3.01. The number of carbonyl (C=O) groups is 1. The fraction of sp³-hybridized carbons (Fsp3) is 0.923. The quantitative estimate of drug-likeness (QED) is 0.726. The molecule has 0 amide bonds. The molecule has 2 aliphatic rings. The predicted octanol–water partition coefficient (Wildman–Crippen LogP) is 2.47. The van der Waals surface area contributed by atoms with E-state index in [9.17, 15) is 14.5 Å². The Hall–Kier alpha value is 0.440. The topological polar surface area (TPSA) is 72.4 Å². The second-order valence-electron chi connectivity index (χ2n) is 6.40. The van der Waals surface area contributed by atoms with E-state index in [2.05, 4.69) is 4.72 Å². The lowest BCUT2D eigenvalue weighted by Crippen LogP contribution is -2.55. The smallest absolute Gasteiger partial charge is 0.331 e. The molecule has 1 saturated carbocycles. The van der Waals surface area contributed by atoms with Gasteiger partial charge in [0.15, 0.2) is 4.08 Å². The minimum atomic E-state index is -1.23. The maximum atomic E-state index is 12.4. The van der Waals surface area contributed by atoms with Crippen molar-refractivity contribution in [3.8, 4) is 0 Å². The molecule has 0 spiro atoms. The normalized spacial score (nSPS) is 25.4. The molecular weight excluding hydrogens is 314 g/mol. The highest BCUT2D eigenvalue weighted by atomic mass is 32.2. The van der Waals surface area contributed by atoms with Gasteiger partial charge in [0.1, 0.15) is 4.75 Å². The van der Waals surface area contributed by atoms with E-state index < -0.39 is 21.4 Å². The monoisotopic (exact) mass is 337 g/mol. The molecule has 1 aliphatic heterocycles. The summed E-state index contributed by atoms with van der Waals surface area (Å²) >= 11 is 1.76. The van der Waals surface area contributed by atoms with Gasteiger partial charge in [-0.2, -0.15) is 0 Å². The van der Waals surface area contributed by atoms with Crippen LogP contribution in [-0.2, 0) is 16.2 Å². The zero-order valence-electron chi connectivity index (χ0n) is 12.2. The molecule has 0 aromatic rings. The predicted molar refractivity (Wildman–Crippen MR) is 87.4 cm³/mol. The van der Waals surface area contributed by atoms with Crippen molar-refractivity contribution < 1.29 is 14.5 Å². The van der Waals surface area contributed by atoms with Crippen molar-refractivity contribution in [3.63, 3.8) is 0 Å². The van der Waals surface area contributed by atoms with Gasteiger partial charge in [0.25, 0.3) is 0 Å². The minimum absolute atomic E-state index is 0.231. The van der Waals surface area contributed by atoms with E-state index in [4.69, 9.17) is 0 Å². The van der Waals surface area contributed by atoms with Crippen molar-refractivity contribution in [1.82, 2.24) is 4.72 Å². The molecule has 1 saturated heterocycles. The zero-order valence-corrected chi connectivity index (χ0v) is 14.6. The summed E-state index contributed by atoms with van der Waals surface area (Å²) in [5.41, 5.74) is 0. The van der Waals surface area contributed by atoms with Crippen LogP contribution in [-0.4, -0.2) is 42.0 Å². The maximum absolute atomic E-state index is 12.4. The van der Waals surface area contributed by atoms with Crippen molar-refractivity contribution in [1.29, 1.82) is 0 Å². The van der Waals surface area contributed by atoms with Crippen LogP contribution in [0.4, 0.5) is 0 Å². The second kappa shape index (κ2) is 6.28. The van der Waals surface area contributed by atoms with E-state index in [1.54, 1.807) is 0 Å². The summed E-state index contributed by atoms with van der Waals surface area (Å²) in [6.07, 6.45) is 3.16. The van der Waals surface area contributed by atoms with Crippen molar-refractivity contribution in [2.24, 2.45) is 5.92 Å². The molecule has 4 nitrogen and oxygen atoms in total. The Morgan fingerprint density at radius 1 is 1.45 bits per heavy atom. The Morgan fingerprint density at radius 3 is 2.40 bits per heavy atom. The third-order valence-electron chi connectivity index (χ3n) is 3.54. The number of hydrogen-bond donors (Lipinski definition) is 2. The lowest BCUT2D eigenvalue weighted by atomic mass is 10.1. The maximum Gasteiger partial charge on any atom is 0.331 e. The first-order chi connectivity index (χ1) is 9.25. The van der Waals surface area contributed by atoms with Crippen molar-refractivity contribution in [2.45, 2.75) is 54.9 Å². The first kappa shape index (κ1) is 16.8. The van der Waals surface area contributed by atoms with E-state index in [1.807, 2.05) is 20.8 Å². The number of rotatable bonds is 6. The molecule has 0 aromatic carbocycles. The van der Waals surface area contributed by atoms with E-state index >= 15 is 0 Å². The van der Waals surface area contributed by atoms with Gasteiger partial charge in [-0.05, 0) is 33.1 Å². The van der Waals surface area contributed by atoms with E-state index in [-0.39, 0.29) is 10.8 Å². The molecule has 2 rings (SSSR count). The van der Waals surface area contributed by atoms with Gasteiger partial charge in [-0.15, -0.1) is 28.2 Å². The van der Waals surface area contributed by atoms with Crippen LogP contribution in [0.25, 0.3) is 0 Å². The molecule has 2 N–H and O–H groups in total. The largest absolute Gasteiger partial charge is 0.598 e. The number of thioether (sulfide) groups is 2. The number of hydrogen-bond acceptors (Lipinski definition) is 5. The van der Waals surface area contributed by atoms with Crippen LogP contribution in [0, 0.1) is 5.92 Å². The summed E-state index contributed by atoms with van der Waals surface area (Å²) in [4.78, 5) is 11.8. The van der Waals surface area contributed by atoms with Crippen LogP contribution in [0.15, 0.2) is 0 Å². The molecule has 7 heteroatoms. The fourth-order valence-electron chi connectivity index (χ4n) is 2.18. The molecule has 2 atom stereocenters. The molecule has 20 heavy (non-hydrogen) atoms. The van der Waals surface area contributed by atoms with Crippen molar-refractivity contribution in [2.75, 3.05) is 11.5 Å². The van der Waals surface area contributed by atoms with Gasteiger partial charge < -0.3 is 9.66 Å². The van der Waals surface area contributed by atoms with Crippen LogP contribution in [0.3, 0.4) is 0 Å². The highest BCUT2D eigenvalue weighted by Crippen LogP contribution is 2.50. The molecule has 1 heterocycles. The Morgan fingerprint density at radius 2 is 2.00 bits per heavy atom. The first-order valence-corrected chi connectivity index (χ1v) is 10.1. The second-order valence-corrected chi connectivity index (χ2v) is 11.3. The van der Waals surface area contributed by atoms with E-state index in [0.717, 1.165) is 17.9 Å². The molecule has 0 bridgehead atoms. The third kappa shape index (κ3) is 3.80. The Labute approximate surface area is 132 Å². The Balaban J connectivity index is 2.15. The van der Waals surface area contributed by atoms with Gasteiger partial charge in [-0.3, -0.25) is 0 Å². The van der Waals surface area contributed by atoms with Gasteiger partial charge in [0.05, 0.1) is 6.04 Å². The van der Waals surface area contributed by atoms with Crippen LogP contribution in [0.5, 0.6) is 0 Å². The molecule has 116 valence electrons. The molecule has 0 unspecified atom stereocenters. The molecule has 1 aliphatic carbocycles. The van der Waals surface area contributed by atoms with Gasteiger partial charge in [0.2, 0.25) is 0 Å². The Bertz CT molecular complexity index is 362. The summed E-state index contributed by atoms with van der Waals surface area (Å²) < 4.78 is 14.3. The van der Waals surface area contributed by atoms with Gasteiger partial charge >= 0.3 is 5.97 Å². The number of carboxylic acids is 1. The molecule has 2 fully saturated rings. The highest BCUT2D eigenvalue weighted by molar-refractivity contribution is 8.22. The average molecular weight is 338 g/mol. The molecule has 0 aromatic heterocycles. The molecule has 0 radical (unpaired) electrons. The van der Waals surface area contributed by atoms with Crippen LogP contribution in [0.1, 0.15) is 40.0 Å². The number of nitrogens with one attached hydrogen (secondary N) is 1. The minimum Gasteiger partial charge on any atom is -0.598 e. The third-order valence-corrected chi connectivity index (χ3v) is 8.71. The summed E-state index contributed by atoms with van der Waals surface area (Å²) in [6.45, 7) is 5.73. The van der Waals surface area contributed by atoms with Crippen LogP contribution < -0.4 is 4.72 Å². The summed E-state index contributed by atoms with van der Waals surface area (Å²) in [5, 5.41) is 9.70. The standard InChI is InChI=1S/C13H23NO3S3/c1-12(2,3)20(17)14-10(8-9-4-5-9)13(11(15)16)18-6-7-19-13/h9-10,14H,4-8H2,1-3H3,(H,15,16)/t10-,20-/m0/s1. The lowest BCUT2D eigenvalue weighted by Gasteiger charge is -2.35. The highest BCUT2D eigenvalue weighted by Gasteiger charge is 2.53.